The lowest BCUT2D eigenvalue weighted by Crippen LogP contribution is -2.52. The minimum atomic E-state index is 0.621. The molecule has 4 rings (SSSR count). The van der Waals surface area contributed by atoms with Crippen molar-refractivity contribution in [2.75, 3.05) is 13.1 Å². The molecular formula is C33H59N. The fourth-order valence-electron chi connectivity index (χ4n) is 10.4. The van der Waals surface area contributed by atoms with Gasteiger partial charge in [0.2, 0.25) is 0 Å². The molecule has 4 saturated carbocycles. The van der Waals surface area contributed by atoms with Crippen LogP contribution in [0.5, 0.6) is 0 Å². The summed E-state index contributed by atoms with van der Waals surface area (Å²) in [7, 11) is 0. The maximum Gasteiger partial charge on any atom is -0.00463 e. The molecule has 1 N–H and O–H groups in total. The molecule has 0 heterocycles. The van der Waals surface area contributed by atoms with E-state index in [4.69, 9.17) is 0 Å². The molecule has 10 unspecified atom stereocenters. The highest BCUT2D eigenvalue weighted by atomic mass is 14.8. The zero-order chi connectivity index (χ0) is 24.5. The Morgan fingerprint density at radius 3 is 2.50 bits per heavy atom. The van der Waals surface area contributed by atoms with E-state index in [2.05, 4.69) is 53.4 Å². The lowest BCUT2D eigenvalue weighted by Gasteiger charge is -2.59. The first-order chi connectivity index (χ1) is 16.2. The number of rotatable bonds is 11. The highest BCUT2D eigenvalue weighted by molar-refractivity contribution is 5.11. The third-order valence-corrected chi connectivity index (χ3v) is 12.5. The van der Waals surface area contributed by atoms with E-state index in [1.807, 2.05) is 0 Å². The first-order valence-corrected chi connectivity index (χ1v) is 15.6. The van der Waals surface area contributed by atoms with Crippen molar-refractivity contribution < 1.29 is 0 Å². The molecule has 196 valence electrons. The topological polar surface area (TPSA) is 12.0 Å². The predicted molar refractivity (Wildman–Crippen MR) is 149 cm³/mol. The molecule has 0 spiro atoms. The molecule has 1 heteroatoms. The summed E-state index contributed by atoms with van der Waals surface area (Å²) in [5, 5.41) is 3.67. The molecule has 1 nitrogen and oxygen atoms in total. The lowest BCUT2D eigenvalue weighted by atomic mass is 9.46. The van der Waals surface area contributed by atoms with Gasteiger partial charge in [-0.15, -0.1) is 0 Å². The van der Waals surface area contributed by atoms with Crippen molar-refractivity contribution in [3.8, 4) is 0 Å². The van der Waals surface area contributed by atoms with E-state index in [1.165, 1.54) is 95.7 Å². The van der Waals surface area contributed by atoms with Gasteiger partial charge in [-0.05, 0) is 155 Å². The normalized spacial score (nSPS) is 44.4. The van der Waals surface area contributed by atoms with Gasteiger partial charge in [0.05, 0.1) is 0 Å². The van der Waals surface area contributed by atoms with Crippen molar-refractivity contribution in [1.82, 2.24) is 5.32 Å². The minimum absolute atomic E-state index is 0.621. The summed E-state index contributed by atoms with van der Waals surface area (Å²) in [5.74, 6) is 7.82. The van der Waals surface area contributed by atoms with Gasteiger partial charge in [0.15, 0.2) is 0 Å². The molecule has 0 aliphatic heterocycles. The van der Waals surface area contributed by atoms with Crippen LogP contribution in [0.1, 0.15) is 125 Å². The van der Waals surface area contributed by atoms with Crippen LogP contribution in [0.15, 0.2) is 12.2 Å². The van der Waals surface area contributed by atoms with Crippen LogP contribution >= 0.6 is 0 Å². The Kier molecular flexibility index (Phi) is 8.64. The van der Waals surface area contributed by atoms with Crippen LogP contribution in [0.3, 0.4) is 0 Å². The second-order valence-corrected chi connectivity index (χ2v) is 14.2. The molecule has 34 heavy (non-hydrogen) atoms. The van der Waals surface area contributed by atoms with Crippen LogP contribution in [0.2, 0.25) is 0 Å². The first kappa shape index (κ1) is 26.8. The zero-order valence-corrected chi connectivity index (χ0v) is 23.9. The Morgan fingerprint density at radius 2 is 1.76 bits per heavy atom. The highest BCUT2D eigenvalue weighted by Gasteiger charge is 2.62. The molecule has 0 aromatic rings. The summed E-state index contributed by atoms with van der Waals surface area (Å²) in [6.45, 7) is 22.0. The van der Waals surface area contributed by atoms with Crippen molar-refractivity contribution in [3.63, 3.8) is 0 Å². The van der Waals surface area contributed by atoms with Gasteiger partial charge in [-0.3, -0.25) is 0 Å². The van der Waals surface area contributed by atoms with E-state index in [9.17, 15) is 0 Å². The SMILES string of the molecule is C=C(CC)CCCC1CCC2C3CC(C)C4CC(C(C)CCNCCC)CC4(C)C3CCC12C. The predicted octanol–water partition coefficient (Wildman–Crippen LogP) is 9.28. The van der Waals surface area contributed by atoms with Gasteiger partial charge in [0.1, 0.15) is 0 Å². The Hall–Kier alpha value is -0.300. The smallest absolute Gasteiger partial charge is 0.00463 e. The van der Waals surface area contributed by atoms with Gasteiger partial charge < -0.3 is 5.32 Å². The fourth-order valence-corrected chi connectivity index (χ4v) is 10.4. The summed E-state index contributed by atoms with van der Waals surface area (Å²) in [6.07, 6.45) is 18.6. The maximum absolute atomic E-state index is 4.28. The molecule has 10 atom stereocenters. The standard InChI is InChI=1S/C33H59N/c1-8-18-34-19-16-24(4)26-21-31-25(5)20-28-29-14-13-27(12-10-11-23(3)9-2)32(29,6)17-15-30(28)33(31,7)22-26/h24-31,34H,3,8-22H2,1-2,4-7H3. The molecule has 4 aliphatic rings. The summed E-state index contributed by atoms with van der Waals surface area (Å²) in [6, 6.07) is 0. The van der Waals surface area contributed by atoms with Gasteiger partial charge in [-0.2, -0.15) is 0 Å². The van der Waals surface area contributed by atoms with Crippen LogP contribution in [0.25, 0.3) is 0 Å². The largest absolute Gasteiger partial charge is 0.317 e. The van der Waals surface area contributed by atoms with Gasteiger partial charge in [-0.1, -0.05) is 53.7 Å². The molecule has 0 radical (unpaired) electrons. The maximum atomic E-state index is 4.28. The van der Waals surface area contributed by atoms with E-state index in [0.717, 1.165) is 47.3 Å². The van der Waals surface area contributed by atoms with Crippen molar-refractivity contribution in [2.45, 2.75) is 125 Å². The number of fused-ring (bicyclic) bond motifs is 5. The molecule has 0 bridgehead atoms. The lowest BCUT2D eigenvalue weighted by molar-refractivity contribution is -0.105. The van der Waals surface area contributed by atoms with Gasteiger partial charge in [0.25, 0.3) is 0 Å². The van der Waals surface area contributed by atoms with Crippen LogP contribution in [0.4, 0.5) is 0 Å². The average molecular weight is 470 g/mol. The number of nitrogens with one attached hydrogen (secondary N) is 1. The average Bonchev–Trinajstić information content (AvgIpc) is 3.35. The first-order valence-electron chi connectivity index (χ1n) is 15.6. The Morgan fingerprint density at radius 1 is 1.00 bits per heavy atom. The van der Waals surface area contributed by atoms with Gasteiger partial charge >= 0.3 is 0 Å². The Labute approximate surface area is 213 Å². The fraction of sp³-hybridized carbons (Fsp3) is 0.939. The van der Waals surface area contributed by atoms with Crippen molar-refractivity contribution in [2.24, 2.45) is 58.2 Å². The van der Waals surface area contributed by atoms with Crippen LogP contribution in [0, 0.1) is 58.2 Å². The highest BCUT2D eigenvalue weighted by Crippen LogP contribution is 2.70. The van der Waals surface area contributed by atoms with E-state index in [0.29, 0.717) is 10.8 Å². The third-order valence-electron chi connectivity index (χ3n) is 12.5. The molecule has 0 aromatic carbocycles. The second-order valence-electron chi connectivity index (χ2n) is 14.2. The van der Waals surface area contributed by atoms with Crippen LogP contribution in [-0.2, 0) is 0 Å². The van der Waals surface area contributed by atoms with E-state index >= 15 is 0 Å². The molecule has 0 amide bonds. The Bertz CT molecular complexity index is 682. The molecular weight excluding hydrogens is 410 g/mol. The Balaban J connectivity index is 1.41. The van der Waals surface area contributed by atoms with Crippen molar-refractivity contribution >= 4 is 0 Å². The van der Waals surface area contributed by atoms with E-state index < -0.39 is 0 Å². The molecule has 0 aromatic heterocycles. The minimum Gasteiger partial charge on any atom is -0.317 e. The van der Waals surface area contributed by atoms with E-state index in [-0.39, 0.29) is 0 Å². The van der Waals surface area contributed by atoms with E-state index in [1.54, 1.807) is 6.42 Å². The van der Waals surface area contributed by atoms with Crippen LogP contribution < -0.4 is 5.32 Å². The molecule has 4 fully saturated rings. The summed E-state index contributed by atoms with van der Waals surface area (Å²) in [5.41, 5.74) is 2.72. The van der Waals surface area contributed by atoms with Gasteiger partial charge in [0, 0.05) is 0 Å². The molecule has 0 saturated heterocycles. The third kappa shape index (κ3) is 4.95. The number of allylic oxidation sites excluding steroid dienone is 1. The number of hydrogen-bond donors (Lipinski definition) is 1. The summed E-state index contributed by atoms with van der Waals surface area (Å²) in [4.78, 5) is 0. The zero-order valence-electron chi connectivity index (χ0n) is 23.9. The summed E-state index contributed by atoms with van der Waals surface area (Å²) >= 11 is 0. The monoisotopic (exact) mass is 469 g/mol. The van der Waals surface area contributed by atoms with Crippen molar-refractivity contribution in [3.05, 3.63) is 12.2 Å². The quantitative estimate of drug-likeness (QED) is 0.235. The second kappa shape index (κ2) is 11.0. The van der Waals surface area contributed by atoms with Gasteiger partial charge in [-0.25, -0.2) is 0 Å². The molecule has 4 aliphatic carbocycles. The number of hydrogen-bond acceptors (Lipinski definition) is 1. The van der Waals surface area contributed by atoms with Crippen LogP contribution in [-0.4, -0.2) is 13.1 Å². The van der Waals surface area contributed by atoms with Crippen molar-refractivity contribution in [1.29, 1.82) is 0 Å². The summed E-state index contributed by atoms with van der Waals surface area (Å²) < 4.78 is 0.